The summed E-state index contributed by atoms with van der Waals surface area (Å²) in [5.41, 5.74) is -0.567. The van der Waals surface area contributed by atoms with E-state index in [2.05, 4.69) is 10.6 Å². The van der Waals surface area contributed by atoms with E-state index in [1.165, 1.54) is 30.2 Å². The largest absolute Gasteiger partial charge is 0.383 e. The lowest BCUT2D eigenvalue weighted by molar-refractivity contribution is -0.143. The normalized spacial score (nSPS) is 31.1. The standard InChI is InChI=1S/C20H24FN3O4/c1-10(2)8-14-15-16(18(26)24(17(15)25)6-7-28-3)20(23-14)12-9-11(21)4-5-13(12)22-19(20)27/h4-5,9-10,14-16,23H,6-8H2,1-3H3,(H,22,27)/t14-,15+,16-,20-/m0/s1. The number of halogens is 1. The molecule has 0 unspecified atom stereocenters. The lowest BCUT2D eigenvalue weighted by Gasteiger charge is -2.29. The van der Waals surface area contributed by atoms with Gasteiger partial charge >= 0.3 is 0 Å². The number of hydrogen-bond acceptors (Lipinski definition) is 5. The zero-order valence-corrected chi connectivity index (χ0v) is 16.1. The fraction of sp³-hybridized carbons (Fsp3) is 0.550. The number of ether oxygens (including phenoxy) is 1. The molecule has 150 valence electrons. The lowest BCUT2D eigenvalue weighted by Crippen LogP contribution is -2.53. The first kappa shape index (κ1) is 19.0. The topological polar surface area (TPSA) is 87.7 Å². The maximum atomic E-state index is 14.0. The molecule has 4 atom stereocenters. The molecule has 0 saturated carbocycles. The molecule has 0 radical (unpaired) electrons. The summed E-state index contributed by atoms with van der Waals surface area (Å²) in [5.74, 6) is -2.91. The summed E-state index contributed by atoms with van der Waals surface area (Å²) < 4.78 is 19.1. The molecular weight excluding hydrogens is 365 g/mol. The van der Waals surface area contributed by atoms with Crippen LogP contribution in [-0.4, -0.2) is 48.9 Å². The van der Waals surface area contributed by atoms with Gasteiger partial charge in [-0.2, -0.15) is 0 Å². The number of amides is 3. The number of nitrogens with zero attached hydrogens (tertiary/aromatic N) is 1. The summed E-state index contributed by atoms with van der Waals surface area (Å²) in [6, 6.07) is 3.69. The molecule has 3 aliphatic rings. The van der Waals surface area contributed by atoms with E-state index in [-0.39, 0.29) is 31.0 Å². The monoisotopic (exact) mass is 389 g/mol. The summed E-state index contributed by atoms with van der Waals surface area (Å²) in [6.07, 6.45) is 0.623. The Labute approximate surface area is 162 Å². The molecule has 1 aromatic rings. The van der Waals surface area contributed by atoms with Crippen LogP contribution in [0.4, 0.5) is 10.1 Å². The van der Waals surface area contributed by atoms with Crippen LogP contribution in [-0.2, 0) is 24.7 Å². The number of hydrogen-bond donors (Lipinski definition) is 2. The number of likely N-dealkylation sites (tertiary alicyclic amines) is 1. The minimum atomic E-state index is -1.43. The zero-order chi connectivity index (χ0) is 20.2. The molecular formula is C20H24FN3O4. The van der Waals surface area contributed by atoms with E-state index in [1.54, 1.807) is 0 Å². The SMILES string of the molecule is COCCN1C(=O)[C@@H]2[C@H](CC(C)C)N[C@]3(C(=O)Nc4ccc(F)cc43)[C@@H]2C1=O. The average molecular weight is 389 g/mol. The minimum absolute atomic E-state index is 0.142. The highest BCUT2D eigenvalue weighted by Crippen LogP contribution is 2.53. The number of rotatable bonds is 5. The Balaban J connectivity index is 1.84. The third-order valence-electron chi connectivity index (χ3n) is 6.01. The number of anilines is 1. The van der Waals surface area contributed by atoms with Crippen molar-refractivity contribution in [1.29, 1.82) is 0 Å². The molecule has 0 aliphatic carbocycles. The van der Waals surface area contributed by atoms with Gasteiger partial charge in [0.05, 0.1) is 25.0 Å². The van der Waals surface area contributed by atoms with Crippen molar-refractivity contribution in [3.8, 4) is 0 Å². The fourth-order valence-electron chi connectivity index (χ4n) is 4.95. The van der Waals surface area contributed by atoms with Crippen LogP contribution >= 0.6 is 0 Å². The Bertz CT molecular complexity index is 858. The van der Waals surface area contributed by atoms with Gasteiger partial charge in [-0.1, -0.05) is 13.8 Å². The summed E-state index contributed by atoms with van der Waals surface area (Å²) >= 11 is 0. The van der Waals surface area contributed by atoms with Crippen molar-refractivity contribution in [3.63, 3.8) is 0 Å². The Kier molecular flexibility index (Phi) is 4.50. The molecule has 2 saturated heterocycles. The van der Waals surface area contributed by atoms with Gasteiger partial charge in [-0.15, -0.1) is 0 Å². The maximum Gasteiger partial charge on any atom is 0.250 e. The van der Waals surface area contributed by atoms with Crippen LogP contribution in [0, 0.1) is 23.6 Å². The first-order valence-corrected chi connectivity index (χ1v) is 9.54. The van der Waals surface area contributed by atoms with Crippen LogP contribution in [0.5, 0.6) is 0 Å². The highest BCUT2D eigenvalue weighted by atomic mass is 19.1. The van der Waals surface area contributed by atoms with E-state index >= 15 is 0 Å². The second kappa shape index (κ2) is 6.63. The molecule has 3 aliphatic heterocycles. The van der Waals surface area contributed by atoms with Gasteiger partial charge < -0.3 is 10.1 Å². The van der Waals surface area contributed by atoms with Crippen LogP contribution in [0.15, 0.2) is 18.2 Å². The molecule has 4 rings (SSSR count). The average Bonchev–Trinajstić information content (AvgIpc) is 3.19. The quantitative estimate of drug-likeness (QED) is 0.740. The molecule has 7 nitrogen and oxygen atoms in total. The maximum absolute atomic E-state index is 14.0. The highest BCUT2D eigenvalue weighted by Gasteiger charge is 2.70. The van der Waals surface area contributed by atoms with E-state index in [0.29, 0.717) is 17.7 Å². The Morgan fingerprint density at radius 3 is 2.68 bits per heavy atom. The summed E-state index contributed by atoms with van der Waals surface area (Å²) in [6.45, 7) is 4.41. The summed E-state index contributed by atoms with van der Waals surface area (Å²) in [7, 11) is 1.50. The van der Waals surface area contributed by atoms with Crippen molar-refractivity contribution in [1.82, 2.24) is 10.2 Å². The molecule has 0 aromatic heterocycles. The van der Waals surface area contributed by atoms with Gasteiger partial charge in [-0.3, -0.25) is 24.6 Å². The summed E-state index contributed by atoms with van der Waals surface area (Å²) in [5, 5.41) is 6.05. The third kappa shape index (κ3) is 2.51. The van der Waals surface area contributed by atoms with Crippen molar-refractivity contribution >= 4 is 23.4 Å². The molecule has 0 bridgehead atoms. The number of imide groups is 1. The number of benzene rings is 1. The molecule has 2 N–H and O–H groups in total. The van der Waals surface area contributed by atoms with E-state index in [4.69, 9.17) is 4.74 Å². The molecule has 8 heteroatoms. The molecule has 1 spiro atoms. The lowest BCUT2D eigenvalue weighted by atomic mass is 9.76. The number of fused-ring (bicyclic) bond motifs is 4. The van der Waals surface area contributed by atoms with Gasteiger partial charge in [0.2, 0.25) is 17.7 Å². The first-order chi connectivity index (χ1) is 13.3. The molecule has 1 aromatic carbocycles. The predicted octanol–water partition coefficient (Wildman–Crippen LogP) is 1.24. The number of carbonyl (C=O) groups excluding carboxylic acids is 3. The van der Waals surface area contributed by atoms with Crippen molar-refractivity contribution in [2.45, 2.75) is 31.8 Å². The smallest absolute Gasteiger partial charge is 0.250 e. The summed E-state index contributed by atoms with van der Waals surface area (Å²) in [4.78, 5) is 40.7. The van der Waals surface area contributed by atoms with Gasteiger partial charge in [0, 0.05) is 24.4 Å². The fourth-order valence-corrected chi connectivity index (χ4v) is 4.95. The predicted molar refractivity (Wildman–Crippen MR) is 98.7 cm³/mol. The molecule has 28 heavy (non-hydrogen) atoms. The van der Waals surface area contributed by atoms with E-state index in [1.807, 2.05) is 13.8 Å². The highest BCUT2D eigenvalue weighted by molar-refractivity contribution is 6.15. The molecule has 3 heterocycles. The van der Waals surface area contributed by atoms with Gasteiger partial charge in [-0.05, 0) is 30.5 Å². The van der Waals surface area contributed by atoms with Gasteiger partial charge in [-0.25, -0.2) is 4.39 Å². The van der Waals surface area contributed by atoms with Crippen LogP contribution in [0.25, 0.3) is 0 Å². The first-order valence-electron chi connectivity index (χ1n) is 9.54. The van der Waals surface area contributed by atoms with Gasteiger partial charge in [0.1, 0.15) is 11.4 Å². The van der Waals surface area contributed by atoms with Crippen molar-refractivity contribution < 1.29 is 23.5 Å². The van der Waals surface area contributed by atoms with Crippen molar-refractivity contribution in [3.05, 3.63) is 29.6 Å². The van der Waals surface area contributed by atoms with Crippen molar-refractivity contribution in [2.24, 2.45) is 17.8 Å². The second-order valence-corrected chi connectivity index (χ2v) is 8.16. The van der Waals surface area contributed by atoms with Crippen LogP contribution in [0.3, 0.4) is 0 Å². The van der Waals surface area contributed by atoms with Crippen molar-refractivity contribution in [2.75, 3.05) is 25.6 Å². The van der Waals surface area contributed by atoms with E-state index in [0.717, 1.165) is 0 Å². The molecule has 2 fully saturated rings. The minimum Gasteiger partial charge on any atom is -0.383 e. The second-order valence-electron chi connectivity index (χ2n) is 8.16. The van der Waals surface area contributed by atoms with Gasteiger partial charge in [0.15, 0.2) is 0 Å². The van der Waals surface area contributed by atoms with E-state index in [9.17, 15) is 18.8 Å². The van der Waals surface area contributed by atoms with Gasteiger partial charge in [0.25, 0.3) is 0 Å². The molecule has 3 amide bonds. The third-order valence-corrected chi connectivity index (χ3v) is 6.01. The zero-order valence-electron chi connectivity index (χ0n) is 16.1. The number of nitrogens with one attached hydrogen (secondary N) is 2. The van der Waals surface area contributed by atoms with Crippen LogP contribution in [0.2, 0.25) is 0 Å². The number of methoxy groups -OCH3 is 1. The number of carbonyl (C=O) groups is 3. The Morgan fingerprint density at radius 2 is 2.00 bits per heavy atom. The van der Waals surface area contributed by atoms with Crippen LogP contribution < -0.4 is 10.6 Å². The Morgan fingerprint density at radius 1 is 1.25 bits per heavy atom. The Hall–Kier alpha value is -2.32. The van der Waals surface area contributed by atoms with E-state index < -0.39 is 35.0 Å². The van der Waals surface area contributed by atoms with Crippen LogP contribution in [0.1, 0.15) is 25.8 Å².